The van der Waals surface area contributed by atoms with Gasteiger partial charge in [0.25, 0.3) is 0 Å². The maximum absolute atomic E-state index is 8.86. The van der Waals surface area contributed by atoms with Gasteiger partial charge >= 0.3 is 0 Å². The van der Waals surface area contributed by atoms with E-state index in [0.717, 1.165) is 5.69 Å². The first kappa shape index (κ1) is 12.7. The summed E-state index contributed by atoms with van der Waals surface area (Å²) in [5, 5.41) is 13.0. The van der Waals surface area contributed by atoms with Crippen molar-refractivity contribution in [1.29, 1.82) is 5.26 Å². The van der Waals surface area contributed by atoms with E-state index < -0.39 is 0 Å². The summed E-state index contributed by atoms with van der Waals surface area (Å²) in [5.41, 5.74) is 1.14. The smallest absolute Gasteiger partial charge is 0.177 e. The van der Waals surface area contributed by atoms with Crippen LogP contribution in [0, 0.1) is 18.3 Å². The summed E-state index contributed by atoms with van der Waals surface area (Å²) in [6.07, 6.45) is 1.69. The molecule has 0 N–H and O–H groups in total. The monoisotopic (exact) mass is 307 g/mol. The predicted octanol–water partition coefficient (Wildman–Crippen LogP) is 1.75. The van der Waals surface area contributed by atoms with Crippen LogP contribution in [0.2, 0.25) is 0 Å². The van der Waals surface area contributed by atoms with Gasteiger partial charge in [0, 0.05) is 25.1 Å². The average molecular weight is 308 g/mol. The molecule has 18 heavy (non-hydrogen) atoms. The highest BCUT2D eigenvalue weighted by Gasteiger charge is 2.09. The maximum Gasteiger partial charge on any atom is 0.177 e. The van der Waals surface area contributed by atoms with Crippen LogP contribution in [-0.4, -0.2) is 26.9 Å². The summed E-state index contributed by atoms with van der Waals surface area (Å²) in [6, 6.07) is 3.78. The van der Waals surface area contributed by atoms with E-state index in [0.29, 0.717) is 28.4 Å². The highest BCUT2D eigenvalue weighted by atomic mass is 79.9. The van der Waals surface area contributed by atoms with Crippen molar-refractivity contribution in [3.05, 3.63) is 33.9 Å². The Bertz CT molecular complexity index is 616. The molecular weight excluding hydrogens is 298 g/mol. The molecule has 0 bridgehead atoms. The van der Waals surface area contributed by atoms with Crippen LogP contribution in [0.15, 0.2) is 16.7 Å². The van der Waals surface area contributed by atoms with E-state index in [-0.39, 0.29) is 0 Å². The molecule has 7 heteroatoms. The number of hydrogen-bond donors (Lipinski definition) is 0. The van der Waals surface area contributed by atoms with Gasteiger partial charge in [0.2, 0.25) is 0 Å². The first-order chi connectivity index (χ1) is 8.63. The van der Waals surface area contributed by atoms with Crippen molar-refractivity contribution in [2.75, 3.05) is 7.11 Å². The summed E-state index contributed by atoms with van der Waals surface area (Å²) in [7, 11) is 1.59. The van der Waals surface area contributed by atoms with Crippen molar-refractivity contribution in [3.8, 4) is 11.9 Å². The zero-order chi connectivity index (χ0) is 13.1. The number of nitriles is 1. The molecule has 0 atom stereocenters. The van der Waals surface area contributed by atoms with Crippen molar-refractivity contribution in [3.63, 3.8) is 0 Å². The number of halogens is 1. The minimum atomic E-state index is 0.319. The van der Waals surface area contributed by atoms with E-state index in [2.05, 4.69) is 31.0 Å². The van der Waals surface area contributed by atoms with Crippen LogP contribution < -0.4 is 0 Å². The minimum absolute atomic E-state index is 0.319. The van der Waals surface area contributed by atoms with E-state index in [1.165, 1.54) is 4.68 Å². The second-order valence-electron chi connectivity index (χ2n) is 3.60. The lowest BCUT2D eigenvalue weighted by Gasteiger charge is -2.04. The lowest BCUT2D eigenvalue weighted by Crippen LogP contribution is -2.05. The van der Waals surface area contributed by atoms with Gasteiger partial charge in [0.1, 0.15) is 12.7 Å². The van der Waals surface area contributed by atoms with Crippen molar-refractivity contribution in [2.24, 2.45) is 0 Å². The summed E-state index contributed by atoms with van der Waals surface area (Å²) in [6.45, 7) is 2.20. The van der Waals surface area contributed by atoms with E-state index in [1.54, 1.807) is 19.4 Å². The molecule has 2 aromatic heterocycles. The highest BCUT2D eigenvalue weighted by Crippen LogP contribution is 2.16. The van der Waals surface area contributed by atoms with Crippen LogP contribution in [0.3, 0.4) is 0 Å². The molecule has 0 aliphatic heterocycles. The summed E-state index contributed by atoms with van der Waals surface area (Å²) in [5.74, 6) is 1.19. The molecule has 0 unspecified atom stereocenters. The Morgan fingerprint density at radius 3 is 2.89 bits per heavy atom. The Kier molecular flexibility index (Phi) is 3.69. The van der Waals surface area contributed by atoms with Gasteiger partial charge in [-0.05, 0) is 22.9 Å². The van der Waals surface area contributed by atoms with Crippen LogP contribution in [0.5, 0.6) is 0 Å². The molecule has 2 heterocycles. The van der Waals surface area contributed by atoms with Gasteiger partial charge in [-0.3, -0.25) is 0 Å². The van der Waals surface area contributed by atoms with E-state index in [9.17, 15) is 0 Å². The SMILES string of the molecule is COCc1nc(C)cc(-n2cc(Br)c(C#N)n2)n1. The Hall–Kier alpha value is -1.78. The quantitative estimate of drug-likeness (QED) is 0.863. The van der Waals surface area contributed by atoms with Crippen molar-refractivity contribution in [2.45, 2.75) is 13.5 Å². The normalized spacial score (nSPS) is 10.3. The summed E-state index contributed by atoms with van der Waals surface area (Å²) in [4.78, 5) is 8.56. The zero-order valence-electron chi connectivity index (χ0n) is 9.88. The minimum Gasteiger partial charge on any atom is -0.377 e. The molecular formula is C11H10BrN5O. The molecule has 92 valence electrons. The fourth-order valence-corrected chi connectivity index (χ4v) is 1.83. The Morgan fingerprint density at radius 2 is 2.28 bits per heavy atom. The van der Waals surface area contributed by atoms with Crippen molar-refractivity contribution < 1.29 is 4.74 Å². The lowest BCUT2D eigenvalue weighted by atomic mass is 10.4. The van der Waals surface area contributed by atoms with E-state index in [1.807, 2.05) is 13.0 Å². The number of hydrogen-bond acceptors (Lipinski definition) is 5. The molecule has 0 fully saturated rings. The first-order valence-corrected chi connectivity index (χ1v) is 5.92. The molecule has 0 spiro atoms. The van der Waals surface area contributed by atoms with E-state index >= 15 is 0 Å². The zero-order valence-corrected chi connectivity index (χ0v) is 11.5. The molecule has 0 aliphatic rings. The van der Waals surface area contributed by atoms with Crippen molar-refractivity contribution >= 4 is 15.9 Å². The predicted molar refractivity (Wildman–Crippen MR) is 67.0 cm³/mol. The molecule has 6 nitrogen and oxygen atoms in total. The second kappa shape index (κ2) is 5.25. The van der Waals surface area contributed by atoms with Gasteiger partial charge in [-0.2, -0.15) is 10.4 Å². The number of rotatable bonds is 3. The average Bonchev–Trinajstić information content (AvgIpc) is 2.70. The number of ether oxygens (including phenoxy) is 1. The molecule has 0 aromatic carbocycles. The summed E-state index contributed by atoms with van der Waals surface area (Å²) >= 11 is 3.27. The number of aromatic nitrogens is 4. The Balaban J connectivity index is 2.46. The third-order valence-corrected chi connectivity index (χ3v) is 2.75. The molecule has 0 saturated carbocycles. The largest absolute Gasteiger partial charge is 0.377 e. The van der Waals surface area contributed by atoms with Crippen LogP contribution in [0.1, 0.15) is 17.2 Å². The fraction of sp³-hybridized carbons (Fsp3) is 0.273. The van der Waals surface area contributed by atoms with Crippen LogP contribution in [0.4, 0.5) is 0 Å². The number of nitrogens with zero attached hydrogens (tertiary/aromatic N) is 5. The molecule has 0 aliphatic carbocycles. The van der Waals surface area contributed by atoms with Gasteiger partial charge in [0.05, 0.1) is 4.47 Å². The van der Waals surface area contributed by atoms with Crippen molar-refractivity contribution in [1.82, 2.24) is 19.7 Å². The van der Waals surface area contributed by atoms with Crippen LogP contribution in [0.25, 0.3) is 5.82 Å². The number of methoxy groups -OCH3 is 1. The van der Waals surface area contributed by atoms with Gasteiger partial charge in [-0.15, -0.1) is 0 Å². The molecule has 0 saturated heterocycles. The van der Waals surface area contributed by atoms with Gasteiger partial charge in [0.15, 0.2) is 17.3 Å². The molecule has 2 aromatic rings. The topological polar surface area (TPSA) is 76.6 Å². The van der Waals surface area contributed by atoms with E-state index in [4.69, 9.17) is 10.00 Å². The van der Waals surface area contributed by atoms with Gasteiger partial charge in [-0.25, -0.2) is 14.6 Å². The fourth-order valence-electron chi connectivity index (χ4n) is 1.47. The standard InChI is InChI=1S/C11H10BrN5O/c1-7-3-11(15-10(14-7)6-18-2)17-5-8(12)9(4-13)16-17/h3,5H,6H2,1-2H3. The van der Waals surface area contributed by atoms with Gasteiger partial charge in [-0.1, -0.05) is 0 Å². The third-order valence-electron chi connectivity index (χ3n) is 2.17. The lowest BCUT2D eigenvalue weighted by molar-refractivity contribution is 0.177. The van der Waals surface area contributed by atoms with Gasteiger partial charge < -0.3 is 4.74 Å². The third kappa shape index (κ3) is 2.55. The highest BCUT2D eigenvalue weighted by molar-refractivity contribution is 9.10. The Morgan fingerprint density at radius 1 is 1.50 bits per heavy atom. The first-order valence-electron chi connectivity index (χ1n) is 5.13. The van der Waals surface area contributed by atoms with Crippen LogP contribution in [-0.2, 0) is 11.3 Å². The Labute approximate surface area is 112 Å². The van der Waals surface area contributed by atoms with Crippen LogP contribution >= 0.6 is 15.9 Å². The summed E-state index contributed by atoms with van der Waals surface area (Å²) < 4.78 is 7.18. The number of aryl methyl sites for hydroxylation is 1. The second-order valence-corrected chi connectivity index (χ2v) is 4.45. The molecule has 2 rings (SSSR count). The maximum atomic E-state index is 8.86. The molecule has 0 radical (unpaired) electrons. The molecule has 0 amide bonds.